The van der Waals surface area contributed by atoms with Crippen LogP contribution in [0.3, 0.4) is 0 Å². The summed E-state index contributed by atoms with van der Waals surface area (Å²) in [5.41, 5.74) is 2.31. The van der Waals surface area contributed by atoms with Crippen LogP contribution in [0.5, 0.6) is 0 Å². The summed E-state index contributed by atoms with van der Waals surface area (Å²) in [6.45, 7) is 4.13. The molecule has 3 nitrogen and oxygen atoms in total. The Morgan fingerprint density at radius 3 is 2.58 bits per heavy atom. The molecular weight excluding hydrogens is 322 g/mol. The lowest BCUT2D eigenvalue weighted by Gasteiger charge is -2.15. The smallest absolute Gasteiger partial charge is 0.192 e. The molecule has 0 aliphatic carbocycles. The molecule has 0 aliphatic rings. The molecule has 19 heavy (non-hydrogen) atoms. The van der Waals surface area contributed by atoms with Crippen LogP contribution in [-0.4, -0.2) is 17.0 Å². The first-order valence-corrected chi connectivity index (χ1v) is 7.64. The summed E-state index contributed by atoms with van der Waals surface area (Å²) in [4.78, 5) is 9.86. The number of hydrogen-bond donors (Lipinski definition) is 1. The van der Waals surface area contributed by atoms with E-state index in [4.69, 9.17) is 0 Å². The Balaban J connectivity index is 2.31. The van der Waals surface area contributed by atoms with Crippen molar-refractivity contribution in [1.29, 1.82) is 0 Å². The molecule has 0 bridgehead atoms. The predicted molar refractivity (Wildman–Crippen MR) is 82.5 cm³/mol. The van der Waals surface area contributed by atoms with Gasteiger partial charge in [-0.25, -0.2) is 9.97 Å². The number of aromatic nitrogens is 2. The Morgan fingerprint density at radius 2 is 1.95 bits per heavy atom. The highest BCUT2D eigenvalue weighted by molar-refractivity contribution is 9.10. The Kier molecular flexibility index (Phi) is 4.96. The second kappa shape index (κ2) is 6.50. The lowest BCUT2D eigenvalue weighted by molar-refractivity contribution is 0.641. The van der Waals surface area contributed by atoms with Gasteiger partial charge in [-0.1, -0.05) is 15.9 Å². The van der Waals surface area contributed by atoms with Crippen LogP contribution in [-0.2, 0) is 0 Å². The zero-order chi connectivity index (χ0) is 13.8. The molecule has 0 amide bonds. The van der Waals surface area contributed by atoms with E-state index in [2.05, 4.69) is 50.3 Å². The second-order valence-electron chi connectivity index (χ2n) is 4.34. The van der Waals surface area contributed by atoms with Crippen molar-refractivity contribution in [3.05, 3.63) is 46.2 Å². The lowest BCUT2D eigenvalue weighted by atomic mass is 10.1. The van der Waals surface area contributed by atoms with Gasteiger partial charge in [0.05, 0.1) is 0 Å². The Bertz CT molecular complexity index is 557. The fourth-order valence-corrected chi connectivity index (χ4v) is 2.91. The number of aryl methyl sites for hydroxylation is 1. The number of benzene rings is 1. The number of hydrogen-bond acceptors (Lipinski definition) is 4. The van der Waals surface area contributed by atoms with Crippen LogP contribution >= 0.6 is 27.7 Å². The topological polar surface area (TPSA) is 37.8 Å². The summed E-state index contributed by atoms with van der Waals surface area (Å²) in [7, 11) is 1.96. The minimum atomic E-state index is 0.283. The molecule has 5 heteroatoms. The van der Waals surface area contributed by atoms with Crippen LogP contribution in [0, 0.1) is 6.92 Å². The van der Waals surface area contributed by atoms with Crippen molar-refractivity contribution in [1.82, 2.24) is 15.3 Å². The molecule has 0 saturated carbocycles. The molecule has 2 rings (SSSR count). The molecule has 1 unspecified atom stereocenters. The van der Waals surface area contributed by atoms with Crippen LogP contribution in [0.25, 0.3) is 0 Å². The normalized spacial score (nSPS) is 12.4. The molecule has 1 heterocycles. The van der Waals surface area contributed by atoms with Crippen LogP contribution in [0.4, 0.5) is 0 Å². The second-order valence-corrected chi connectivity index (χ2v) is 6.26. The molecule has 1 N–H and O–H groups in total. The van der Waals surface area contributed by atoms with Crippen LogP contribution in [0.1, 0.15) is 24.1 Å². The molecule has 0 fully saturated rings. The van der Waals surface area contributed by atoms with Crippen molar-refractivity contribution in [2.45, 2.75) is 29.9 Å². The summed E-state index contributed by atoms with van der Waals surface area (Å²) in [6, 6.07) is 6.56. The Hall–Kier alpha value is -0.910. The van der Waals surface area contributed by atoms with Gasteiger partial charge < -0.3 is 5.32 Å². The van der Waals surface area contributed by atoms with E-state index in [9.17, 15) is 0 Å². The van der Waals surface area contributed by atoms with E-state index in [-0.39, 0.29) is 6.04 Å². The van der Waals surface area contributed by atoms with Gasteiger partial charge in [0.15, 0.2) is 5.16 Å². The fraction of sp³-hybridized carbons (Fsp3) is 0.286. The molecule has 1 atom stereocenters. The number of rotatable bonds is 4. The molecule has 1 aromatic heterocycles. The molecule has 1 aromatic carbocycles. The van der Waals surface area contributed by atoms with Crippen molar-refractivity contribution in [3.63, 3.8) is 0 Å². The summed E-state index contributed by atoms with van der Waals surface area (Å²) in [5.74, 6) is 0. The highest BCUT2D eigenvalue weighted by atomic mass is 79.9. The molecular formula is C14H16BrN3S. The van der Waals surface area contributed by atoms with Gasteiger partial charge in [0.2, 0.25) is 0 Å². The Morgan fingerprint density at radius 1 is 1.26 bits per heavy atom. The summed E-state index contributed by atoms with van der Waals surface area (Å²) in [6.07, 6.45) is 3.69. The van der Waals surface area contributed by atoms with E-state index in [0.717, 1.165) is 15.2 Å². The van der Waals surface area contributed by atoms with Gasteiger partial charge in [0.25, 0.3) is 0 Å². The van der Waals surface area contributed by atoms with Crippen molar-refractivity contribution in [2.75, 3.05) is 7.05 Å². The van der Waals surface area contributed by atoms with Crippen LogP contribution < -0.4 is 5.32 Å². The van der Waals surface area contributed by atoms with Gasteiger partial charge in [0, 0.05) is 27.8 Å². The minimum absolute atomic E-state index is 0.283. The molecule has 0 saturated heterocycles. The fourth-order valence-electron chi connectivity index (χ4n) is 1.64. The standard InChI is InChI=1S/C14H16BrN3S/c1-9-7-17-14(18-8-9)19-13-5-4-11(15)6-12(13)10(2)16-3/h4-8,10,16H,1-3H3. The van der Waals surface area contributed by atoms with Crippen molar-refractivity contribution < 1.29 is 0 Å². The van der Waals surface area contributed by atoms with Gasteiger partial charge >= 0.3 is 0 Å². The largest absolute Gasteiger partial charge is 0.313 e. The first kappa shape index (κ1) is 14.5. The first-order chi connectivity index (χ1) is 9.10. The van der Waals surface area contributed by atoms with E-state index in [1.54, 1.807) is 11.8 Å². The molecule has 0 radical (unpaired) electrons. The zero-order valence-corrected chi connectivity index (χ0v) is 13.5. The SMILES string of the molecule is CNC(C)c1cc(Br)ccc1Sc1ncc(C)cn1. The highest BCUT2D eigenvalue weighted by Gasteiger charge is 2.11. The van der Waals surface area contributed by atoms with Gasteiger partial charge in [0.1, 0.15) is 0 Å². The zero-order valence-electron chi connectivity index (χ0n) is 11.1. The maximum absolute atomic E-state index is 4.34. The van der Waals surface area contributed by atoms with Crippen molar-refractivity contribution in [3.8, 4) is 0 Å². The highest BCUT2D eigenvalue weighted by Crippen LogP contribution is 2.33. The van der Waals surface area contributed by atoms with Gasteiger partial charge in [-0.2, -0.15) is 0 Å². The van der Waals surface area contributed by atoms with E-state index in [1.807, 2.05) is 32.4 Å². The summed E-state index contributed by atoms with van der Waals surface area (Å²) < 4.78 is 1.08. The predicted octanol–water partition coefficient (Wildman–Crippen LogP) is 3.98. The first-order valence-electron chi connectivity index (χ1n) is 6.03. The van der Waals surface area contributed by atoms with Gasteiger partial charge in [-0.15, -0.1) is 0 Å². The maximum Gasteiger partial charge on any atom is 0.192 e. The van der Waals surface area contributed by atoms with Crippen molar-refractivity contribution in [2.24, 2.45) is 0 Å². The lowest BCUT2D eigenvalue weighted by Crippen LogP contribution is -2.13. The van der Waals surface area contributed by atoms with E-state index >= 15 is 0 Å². The molecule has 100 valence electrons. The minimum Gasteiger partial charge on any atom is -0.313 e. The third-order valence-electron chi connectivity index (χ3n) is 2.83. The van der Waals surface area contributed by atoms with E-state index < -0.39 is 0 Å². The summed E-state index contributed by atoms with van der Waals surface area (Å²) >= 11 is 5.11. The van der Waals surface area contributed by atoms with Gasteiger partial charge in [-0.05, 0) is 62.0 Å². The van der Waals surface area contributed by atoms with Crippen LogP contribution in [0.15, 0.2) is 45.1 Å². The maximum atomic E-state index is 4.34. The van der Waals surface area contributed by atoms with Gasteiger partial charge in [-0.3, -0.25) is 0 Å². The Labute approximate surface area is 126 Å². The average molecular weight is 338 g/mol. The number of halogens is 1. The van der Waals surface area contributed by atoms with Crippen LogP contribution in [0.2, 0.25) is 0 Å². The number of nitrogens with zero attached hydrogens (tertiary/aromatic N) is 2. The van der Waals surface area contributed by atoms with E-state index in [0.29, 0.717) is 0 Å². The van der Waals surface area contributed by atoms with E-state index in [1.165, 1.54) is 10.5 Å². The number of nitrogens with one attached hydrogen (secondary N) is 1. The monoisotopic (exact) mass is 337 g/mol. The van der Waals surface area contributed by atoms with Crippen molar-refractivity contribution >= 4 is 27.7 Å². The summed E-state index contributed by atoms with van der Waals surface area (Å²) in [5, 5.41) is 4.04. The molecule has 2 aromatic rings. The molecule has 0 spiro atoms. The quantitative estimate of drug-likeness (QED) is 0.856. The average Bonchev–Trinajstić information content (AvgIpc) is 2.42. The molecule has 0 aliphatic heterocycles. The third-order valence-corrected chi connectivity index (χ3v) is 4.31. The third kappa shape index (κ3) is 3.78.